The highest BCUT2D eigenvalue weighted by molar-refractivity contribution is 5.18. The van der Waals surface area contributed by atoms with E-state index >= 15 is 0 Å². The molecular weight excluding hydrogens is 253 g/mol. The van der Waals surface area contributed by atoms with Crippen LogP contribution in [-0.2, 0) is 11.2 Å². The molecule has 20 heavy (non-hydrogen) atoms. The van der Waals surface area contributed by atoms with Crippen molar-refractivity contribution >= 4 is 0 Å². The first-order valence-electron chi connectivity index (χ1n) is 7.81. The molecule has 0 amide bonds. The molecule has 1 unspecified atom stereocenters. The molecule has 0 bridgehead atoms. The van der Waals surface area contributed by atoms with Crippen LogP contribution in [-0.4, -0.2) is 25.3 Å². The number of nitrogens with one attached hydrogen (secondary N) is 1. The number of hydrogen-bond acceptors (Lipinski definition) is 2. The fraction of sp³-hybridized carbons (Fsp3) is 0.647. The second-order valence-corrected chi connectivity index (χ2v) is 5.70. The Labute approximate surface area is 121 Å². The molecule has 0 aliphatic heterocycles. The molecule has 2 nitrogen and oxygen atoms in total. The van der Waals surface area contributed by atoms with Crippen molar-refractivity contribution in [1.82, 2.24) is 5.32 Å². The van der Waals surface area contributed by atoms with Gasteiger partial charge in [-0.3, -0.25) is 0 Å². The molecule has 1 N–H and O–H groups in total. The van der Waals surface area contributed by atoms with E-state index < -0.39 is 0 Å². The Kier molecular flexibility index (Phi) is 5.99. The van der Waals surface area contributed by atoms with Crippen LogP contribution in [0.4, 0.5) is 4.39 Å². The molecule has 0 spiro atoms. The molecule has 0 aromatic heterocycles. The second-order valence-electron chi connectivity index (χ2n) is 5.70. The van der Waals surface area contributed by atoms with Gasteiger partial charge in [-0.25, -0.2) is 4.39 Å². The highest BCUT2D eigenvalue weighted by Crippen LogP contribution is 2.34. The van der Waals surface area contributed by atoms with Crippen molar-refractivity contribution in [1.29, 1.82) is 0 Å². The predicted octanol–water partition coefficient (Wildman–Crippen LogP) is 3.55. The zero-order valence-electron chi connectivity index (χ0n) is 12.6. The van der Waals surface area contributed by atoms with Crippen molar-refractivity contribution in [2.45, 2.75) is 51.7 Å². The molecule has 1 saturated carbocycles. The van der Waals surface area contributed by atoms with Crippen LogP contribution in [0, 0.1) is 11.7 Å². The maximum absolute atomic E-state index is 13.7. The summed E-state index contributed by atoms with van der Waals surface area (Å²) in [7, 11) is 0. The average Bonchev–Trinajstić information content (AvgIpc) is 2.39. The number of rotatable bonds is 8. The van der Waals surface area contributed by atoms with Gasteiger partial charge in [0.15, 0.2) is 0 Å². The van der Waals surface area contributed by atoms with E-state index in [1.165, 1.54) is 0 Å². The maximum Gasteiger partial charge on any atom is 0.126 e. The zero-order valence-corrected chi connectivity index (χ0v) is 12.6. The Bertz CT molecular complexity index is 404. The number of ether oxygens (including phenoxy) is 1. The smallest absolute Gasteiger partial charge is 0.126 e. The van der Waals surface area contributed by atoms with E-state index in [9.17, 15) is 4.39 Å². The molecule has 1 aromatic carbocycles. The van der Waals surface area contributed by atoms with Gasteiger partial charge in [-0.1, -0.05) is 25.1 Å². The minimum absolute atomic E-state index is 0.0868. The van der Waals surface area contributed by atoms with Crippen LogP contribution in [0.2, 0.25) is 0 Å². The van der Waals surface area contributed by atoms with Crippen LogP contribution < -0.4 is 5.32 Å². The molecule has 1 fully saturated rings. The molecule has 1 aliphatic rings. The molecule has 2 rings (SSSR count). The third kappa shape index (κ3) is 4.29. The predicted molar refractivity (Wildman–Crippen MR) is 80.3 cm³/mol. The molecule has 0 saturated heterocycles. The summed E-state index contributed by atoms with van der Waals surface area (Å²) in [5.41, 5.74) is 0.819. The Hall–Kier alpha value is -0.930. The van der Waals surface area contributed by atoms with Gasteiger partial charge in [0.25, 0.3) is 0 Å². The normalized spacial score (nSPS) is 23.4. The zero-order chi connectivity index (χ0) is 14.4. The van der Waals surface area contributed by atoms with Crippen LogP contribution in [0.3, 0.4) is 0 Å². The Balaban J connectivity index is 1.84. The Morgan fingerprint density at radius 2 is 2.05 bits per heavy atom. The third-order valence-corrected chi connectivity index (χ3v) is 4.13. The minimum atomic E-state index is -0.0868. The average molecular weight is 279 g/mol. The van der Waals surface area contributed by atoms with Gasteiger partial charge in [-0.05, 0) is 56.7 Å². The highest BCUT2D eigenvalue weighted by Gasteiger charge is 2.31. The van der Waals surface area contributed by atoms with Gasteiger partial charge in [0.1, 0.15) is 5.82 Å². The van der Waals surface area contributed by atoms with Gasteiger partial charge in [-0.2, -0.15) is 0 Å². The van der Waals surface area contributed by atoms with Crippen LogP contribution in [0.25, 0.3) is 0 Å². The van der Waals surface area contributed by atoms with Crippen molar-refractivity contribution in [2.75, 3.05) is 13.2 Å². The molecule has 1 aromatic rings. The van der Waals surface area contributed by atoms with Crippen molar-refractivity contribution in [3.63, 3.8) is 0 Å². The van der Waals surface area contributed by atoms with E-state index in [-0.39, 0.29) is 5.82 Å². The highest BCUT2D eigenvalue weighted by atomic mass is 19.1. The summed E-state index contributed by atoms with van der Waals surface area (Å²) >= 11 is 0. The van der Waals surface area contributed by atoms with Gasteiger partial charge >= 0.3 is 0 Å². The van der Waals surface area contributed by atoms with Crippen molar-refractivity contribution < 1.29 is 9.13 Å². The summed E-state index contributed by atoms with van der Waals surface area (Å²) < 4.78 is 19.3. The van der Waals surface area contributed by atoms with E-state index in [0.717, 1.165) is 50.3 Å². The summed E-state index contributed by atoms with van der Waals surface area (Å²) in [6.45, 7) is 5.90. The van der Waals surface area contributed by atoms with Gasteiger partial charge < -0.3 is 10.1 Å². The van der Waals surface area contributed by atoms with Gasteiger partial charge in [0.05, 0.1) is 6.10 Å². The van der Waals surface area contributed by atoms with E-state index in [2.05, 4.69) is 12.2 Å². The van der Waals surface area contributed by atoms with E-state index in [1.807, 2.05) is 19.1 Å². The van der Waals surface area contributed by atoms with E-state index in [1.54, 1.807) is 12.1 Å². The van der Waals surface area contributed by atoms with E-state index in [4.69, 9.17) is 4.74 Å². The Morgan fingerprint density at radius 1 is 1.30 bits per heavy atom. The number of hydrogen-bond donors (Lipinski definition) is 1. The minimum Gasteiger partial charge on any atom is -0.378 e. The van der Waals surface area contributed by atoms with E-state index in [0.29, 0.717) is 12.1 Å². The third-order valence-electron chi connectivity index (χ3n) is 4.13. The van der Waals surface area contributed by atoms with Crippen molar-refractivity contribution in [3.8, 4) is 0 Å². The molecule has 3 heteroatoms. The lowest BCUT2D eigenvalue weighted by Crippen LogP contribution is -2.39. The number of likely N-dealkylation sites (N-methyl/N-ethyl adjacent to an activating group) is 1. The molecule has 0 radical (unpaired) electrons. The summed E-state index contributed by atoms with van der Waals surface area (Å²) in [4.78, 5) is 0. The lowest BCUT2D eigenvalue weighted by Gasteiger charge is -2.37. The molecular formula is C17H26FNO. The fourth-order valence-electron chi connectivity index (χ4n) is 3.10. The monoisotopic (exact) mass is 279 g/mol. The molecule has 1 atom stereocenters. The fourth-order valence-corrected chi connectivity index (χ4v) is 3.10. The van der Waals surface area contributed by atoms with Crippen LogP contribution in [0.5, 0.6) is 0 Å². The number of benzene rings is 1. The Morgan fingerprint density at radius 3 is 2.70 bits per heavy atom. The second kappa shape index (κ2) is 7.75. The molecule has 0 heterocycles. The van der Waals surface area contributed by atoms with Gasteiger partial charge in [0.2, 0.25) is 0 Å². The first-order chi connectivity index (χ1) is 9.72. The summed E-state index contributed by atoms with van der Waals surface area (Å²) in [5.74, 6) is 0.638. The quantitative estimate of drug-likeness (QED) is 0.785. The first kappa shape index (κ1) is 15.5. The SMILES string of the molecule is CCNC(Cc1ccccc1F)CC1CC(OCC)C1. The largest absolute Gasteiger partial charge is 0.378 e. The molecule has 112 valence electrons. The lowest BCUT2D eigenvalue weighted by molar-refractivity contribution is -0.0290. The summed E-state index contributed by atoms with van der Waals surface area (Å²) in [5, 5.41) is 3.50. The molecule has 1 aliphatic carbocycles. The maximum atomic E-state index is 13.7. The van der Waals surface area contributed by atoms with Crippen LogP contribution >= 0.6 is 0 Å². The summed E-state index contributed by atoms with van der Waals surface area (Å²) in [6, 6.07) is 7.47. The van der Waals surface area contributed by atoms with Crippen LogP contribution in [0.1, 0.15) is 38.7 Å². The van der Waals surface area contributed by atoms with Crippen molar-refractivity contribution in [3.05, 3.63) is 35.6 Å². The van der Waals surface area contributed by atoms with Crippen LogP contribution in [0.15, 0.2) is 24.3 Å². The van der Waals surface area contributed by atoms with Gasteiger partial charge in [-0.15, -0.1) is 0 Å². The lowest BCUT2D eigenvalue weighted by atomic mass is 9.77. The standard InChI is InChI=1S/C17H26FNO/c1-3-19-15(9-13-10-16(11-13)20-4-2)12-14-7-5-6-8-17(14)18/h5-8,13,15-16,19H,3-4,9-12H2,1-2H3. The number of halogens is 1. The first-order valence-corrected chi connectivity index (χ1v) is 7.81. The topological polar surface area (TPSA) is 21.3 Å². The summed E-state index contributed by atoms with van der Waals surface area (Å²) in [6.07, 6.45) is 4.67. The van der Waals surface area contributed by atoms with Crippen molar-refractivity contribution in [2.24, 2.45) is 5.92 Å². The van der Waals surface area contributed by atoms with Gasteiger partial charge in [0, 0.05) is 12.6 Å².